The molecule has 3 aromatic carbocycles. The Labute approximate surface area is 165 Å². The number of anilines is 3. The molecule has 5 N–H and O–H groups in total. The highest BCUT2D eigenvalue weighted by atomic mass is 16.5. The number of nitrogens with two attached hydrogens (primary N) is 2. The van der Waals surface area contributed by atoms with E-state index < -0.39 is 5.97 Å². The van der Waals surface area contributed by atoms with Crippen LogP contribution in [0.15, 0.2) is 72.8 Å². The molecule has 0 saturated heterocycles. The third-order valence-electron chi connectivity index (χ3n) is 3.62. The van der Waals surface area contributed by atoms with Crippen LogP contribution < -0.4 is 21.5 Å². The summed E-state index contributed by atoms with van der Waals surface area (Å²) < 4.78 is 5.34. The van der Waals surface area contributed by atoms with Gasteiger partial charge >= 0.3 is 5.97 Å². The minimum absolute atomic E-state index is 0. The van der Waals surface area contributed by atoms with Gasteiger partial charge in [0.05, 0.1) is 5.56 Å². The van der Waals surface area contributed by atoms with Gasteiger partial charge in [-0.2, -0.15) is 0 Å². The van der Waals surface area contributed by atoms with Crippen LogP contribution in [0, 0.1) is 0 Å². The first-order valence-corrected chi connectivity index (χ1v) is 7.86. The molecule has 0 saturated carbocycles. The molecule has 146 valence electrons. The van der Waals surface area contributed by atoms with E-state index in [1.165, 1.54) is 0 Å². The maximum Gasteiger partial charge on any atom is 0.343 e. The number of carbonyl (C=O) groups is 2. The van der Waals surface area contributed by atoms with Crippen molar-refractivity contribution in [3.05, 3.63) is 83.9 Å². The number of carbonyl (C=O) groups excluding carboxylic acids is 2. The summed E-state index contributed by atoms with van der Waals surface area (Å²) in [6.07, 6.45) is 0. The van der Waals surface area contributed by atoms with Crippen LogP contribution in [0.5, 0.6) is 5.75 Å². The van der Waals surface area contributed by atoms with E-state index in [-0.39, 0.29) is 20.8 Å². The number of hydrogen-bond acceptors (Lipinski definition) is 5. The summed E-state index contributed by atoms with van der Waals surface area (Å²) in [6.45, 7) is 0. The quantitative estimate of drug-likeness (QED) is 0.349. The third-order valence-corrected chi connectivity index (χ3v) is 3.62. The minimum Gasteiger partial charge on any atom is -0.423 e. The monoisotopic (exact) mass is 379 g/mol. The van der Waals surface area contributed by atoms with Crippen molar-refractivity contribution in [1.29, 1.82) is 0 Å². The van der Waals surface area contributed by atoms with Gasteiger partial charge < -0.3 is 21.5 Å². The molecule has 0 aromatic heterocycles. The van der Waals surface area contributed by atoms with E-state index in [0.717, 1.165) is 0 Å². The Morgan fingerprint density at radius 3 is 1.86 bits per heavy atom. The van der Waals surface area contributed by atoms with Gasteiger partial charge in [-0.25, -0.2) is 4.79 Å². The normalized spacial score (nSPS) is 9.43. The van der Waals surface area contributed by atoms with Gasteiger partial charge in [-0.3, -0.25) is 4.79 Å². The lowest BCUT2D eigenvalue weighted by Crippen LogP contribution is -2.12. The number of benzene rings is 3. The summed E-state index contributed by atoms with van der Waals surface area (Å²) in [7, 11) is 0. The van der Waals surface area contributed by atoms with Crippen molar-refractivity contribution in [1.82, 2.24) is 0 Å². The topological polar surface area (TPSA) is 107 Å². The molecule has 0 aliphatic rings. The highest BCUT2D eigenvalue weighted by Crippen LogP contribution is 2.20. The number of nitrogens with one attached hydrogen (secondary N) is 1. The Morgan fingerprint density at radius 1 is 0.750 bits per heavy atom. The molecule has 0 aliphatic heterocycles. The summed E-state index contributed by atoms with van der Waals surface area (Å²) in [6, 6.07) is 19.6. The standard InChI is InChI=1S/C20H17N3O3.2CH4/c21-15-8-4-13(5-9-15)19(24)23-17-2-1-3-18(12-17)26-20(25)14-6-10-16(22)11-7-14;;/h1-12H,21-22H2,(H,23,24);2*1H4. The molecule has 1 amide bonds. The lowest BCUT2D eigenvalue weighted by molar-refractivity contribution is 0.0735. The van der Waals surface area contributed by atoms with E-state index in [1.807, 2.05) is 0 Å². The summed E-state index contributed by atoms with van der Waals surface area (Å²) in [4.78, 5) is 24.4. The zero-order chi connectivity index (χ0) is 18.5. The first-order valence-electron chi connectivity index (χ1n) is 7.86. The Morgan fingerprint density at radius 2 is 1.29 bits per heavy atom. The number of ether oxygens (including phenoxy) is 1. The van der Waals surface area contributed by atoms with Gasteiger partial charge in [0.2, 0.25) is 0 Å². The second-order valence-electron chi connectivity index (χ2n) is 5.62. The average molecular weight is 379 g/mol. The lowest BCUT2D eigenvalue weighted by Gasteiger charge is -2.08. The van der Waals surface area contributed by atoms with Crippen LogP contribution in [0.2, 0.25) is 0 Å². The predicted octanol–water partition coefficient (Wildman–Crippen LogP) is 4.59. The summed E-state index contributed by atoms with van der Waals surface area (Å²) in [5.74, 6) is -0.471. The third kappa shape index (κ3) is 5.60. The molecule has 6 heteroatoms. The number of rotatable bonds is 4. The molecular weight excluding hydrogens is 354 g/mol. The van der Waals surface area contributed by atoms with Crippen LogP contribution in [-0.4, -0.2) is 11.9 Å². The van der Waals surface area contributed by atoms with Crippen molar-refractivity contribution in [2.24, 2.45) is 0 Å². The number of esters is 1. The molecule has 3 aromatic rings. The highest BCUT2D eigenvalue weighted by Gasteiger charge is 2.10. The Kier molecular flexibility index (Phi) is 7.77. The molecule has 0 bridgehead atoms. The van der Waals surface area contributed by atoms with E-state index in [0.29, 0.717) is 33.9 Å². The number of nitrogen functional groups attached to an aromatic ring is 2. The maximum atomic E-state index is 12.2. The molecule has 6 nitrogen and oxygen atoms in total. The molecule has 3 rings (SSSR count). The number of hydrogen-bond donors (Lipinski definition) is 3. The second kappa shape index (κ2) is 9.78. The second-order valence-corrected chi connectivity index (χ2v) is 5.62. The van der Waals surface area contributed by atoms with Gasteiger partial charge in [-0.1, -0.05) is 20.9 Å². The highest BCUT2D eigenvalue weighted by molar-refractivity contribution is 6.04. The Hall–Kier alpha value is -3.80. The van der Waals surface area contributed by atoms with Gasteiger partial charge in [0.1, 0.15) is 5.75 Å². The van der Waals surface area contributed by atoms with Gasteiger partial charge in [-0.05, 0) is 60.7 Å². The Bertz CT molecular complexity index is 861. The summed E-state index contributed by atoms with van der Waals surface area (Å²) in [5.41, 5.74) is 13.7. The van der Waals surface area contributed by atoms with E-state index in [2.05, 4.69) is 5.32 Å². The lowest BCUT2D eigenvalue weighted by atomic mass is 10.2. The van der Waals surface area contributed by atoms with Gasteiger partial charge in [-0.15, -0.1) is 0 Å². The van der Waals surface area contributed by atoms with E-state index in [9.17, 15) is 9.59 Å². The molecule has 0 atom stereocenters. The van der Waals surface area contributed by atoms with Crippen LogP contribution in [0.25, 0.3) is 0 Å². The first kappa shape index (κ1) is 22.2. The number of amides is 1. The average Bonchev–Trinajstić information content (AvgIpc) is 2.63. The van der Waals surface area contributed by atoms with Crippen molar-refractivity contribution >= 4 is 28.9 Å². The molecule has 0 heterocycles. The molecular formula is C22H25N3O3. The molecule has 0 fully saturated rings. The fourth-order valence-electron chi connectivity index (χ4n) is 2.26. The smallest absolute Gasteiger partial charge is 0.343 e. The first-order chi connectivity index (χ1) is 12.5. The van der Waals surface area contributed by atoms with E-state index >= 15 is 0 Å². The van der Waals surface area contributed by atoms with E-state index in [4.69, 9.17) is 16.2 Å². The zero-order valence-electron chi connectivity index (χ0n) is 13.8. The molecule has 0 radical (unpaired) electrons. The van der Waals surface area contributed by atoms with E-state index in [1.54, 1.807) is 72.8 Å². The van der Waals surface area contributed by atoms with Crippen LogP contribution in [0.1, 0.15) is 35.6 Å². The van der Waals surface area contributed by atoms with Crippen molar-refractivity contribution in [2.75, 3.05) is 16.8 Å². The van der Waals surface area contributed by atoms with Gasteiger partial charge in [0.25, 0.3) is 5.91 Å². The largest absolute Gasteiger partial charge is 0.423 e. The molecule has 0 unspecified atom stereocenters. The van der Waals surface area contributed by atoms with Crippen LogP contribution in [0.4, 0.5) is 17.1 Å². The fraction of sp³-hybridized carbons (Fsp3) is 0.0909. The van der Waals surface area contributed by atoms with Crippen LogP contribution >= 0.6 is 0 Å². The maximum absolute atomic E-state index is 12.2. The predicted molar refractivity (Wildman–Crippen MR) is 115 cm³/mol. The zero-order valence-corrected chi connectivity index (χ0v) is 13.8. The summed E-state index contributed by atoms with van der Waals surface area (Å²) in [5, 5.41) is 2.75. The Balaban J connectivity index is 0.00000196. The summed E-state index contributed by atoms with van der Waals surface area (Å²) >= 11 is 0. The van der Waals surface area contributed by atoms with Crippen LogP contribution in [0.3, 0.4) is 0 Å². The van der Waals surface area contributed by atoms with Crippen molar-refractivity contribution in [2.45, 2.75) is 14.9 Å². The van der Waals surface area contributed by atoms with Crippen molar-refractivity contribution in [3.8, 4) is 5.75 Å². The van der Waals surface area contributed by atoms with Crippen molar-refractivity contribution in [3.63, 3.8) is 0 Å². The van der Waals surface area contributed by atoms with Crippen molar-refractivity contribution < 1.29 is 14.3 Å². The molecule has 0 aliphatic carbocycles. The van der Waals surface area contributed by atoms with Crippen LogP contribution in [-0.2, 0) is 0 Å². The SMILES string of the molecule is C.C.Nc1ccc(C(=O)Nc2cccc(OC(=O)c3ccc(N)cc3)c2)cc1. The molecule has 28 heavy (non-hydrogen) atoms. The minimum atomic E-state index is -0.507. The fourth-order valence-corrected chi connectivity index (χ4v) is 2.26. The molecule has 0 spiro atoms. The van der Waals surface area contributed by atoms with Gasteiger partial charge in [0, 0.05) is 28.7 Å². The van der Waals surface area contributed by atoms with Gasteiger partial charge in [0.15, 0.2) is 0 Å².